The molecule has 0 aromatic heterocycles. The Hall–Kier alpha value is -3.85. The summed E-state index contributed by atoms with van der Waals surface area (Å²) in [7, 11) is -4.18. The summed E-state index contributed by atoms with van der Waals surface area (Å²) in [6.45, 7) is 7.05. The van der Waals surface area contributed by atoms with Crippen molar-refractivity contribution >= 4 is 50.7 Å². The van der Waals surface area contributed by atoms with E-state index in [4.69, 9.17) is 23.2 Å². The van der Waals surface area contributed by atoms with E-state index >= 15 is 0 Å². The number of sulfonamides is 1. The van der Waals surface area contributed by atoms with Crippen LogP contribution in [0, 0.1) is 13.8 Å². The van der Waals surface area contributed by atoms with Crippen molar-refractivity contribution in [1.82, 2.24) is 10.2 Å². The molecule has 0 aliphatic carbocycles. The highest BCUT2D eigenvalue weighted by Gasteiger charge is 2.35. The van der Waals surface area contributed by atoms with Gasteiger partial charge in [0.25, 0.3) is 10.0 Å². The van der Waals surface area contributed by atoms with Gasteiger partial charge in [-0.05, 0) is 74.2 Å². The van der Waals surface area contributed by atoms with Gasteiger partial charge < -0.3 is 10.2 Å². The highest BCUT2D eigenvalue weighted by molar-refractivity contribution is 7.92. The van der Waals surface area contributed by atoms with Gasteiger partial charge in [-0.15, -0.1) is 0 Å². The average molecular weight is 681 g/mol. The highest BCUT2D eigenvalue weighted by atomic mass is 35.5. The van der Waals surface area contributed by atoms with Crippen molar-refractivity contribution < 1.29 is 18.0 Å². The molecule has 10 heteroatoms. The molecule has 0 spiro atoms. The van der Waals surface area contributed by atoms with Crippen molar-refractivity contribution in [3.05, 3.63) is 129 Å². The molecule has 0 aliphatic heterocycles. The molecule has 4 aromatic rings. The number of hydrogen-bond acceptors (Lipinski definition) is 4. The second-order valence-electron chi connectivity index (χ2n) is 11.4. The minimum absolute atomic E-state index is 0.00669. The van der Waals surface area contributed by atoms with Crippen LogP contribution < -0.4 is 9.62 Å². The van der Waals surface area contributed by atoms with Crippen LogP contribution in [0.3, 0.4) is 0 Å². The first-order valence-corrected chi connectivity index (χ1v) is 17.3. The summed E-state index contributed by atoms with van der Waals surface area (Å²) in [5.74, 6) is -0.888. The molecule has 2 atom stereocenters. The number of nitrogens with zero attached hydrogens (tertiary/aromatic N) is 2. The Bertz CT molecular complexity index is 1770. The van der Waals surface area contributed by atoms with Crippen LogP contribution in [-0.4, -0.2) is 43.8 Å². The molecule has 4 rings (SSSR count). The number of carbonyl (C=O) groups excluding carboxylic acids is 2. The summed E-state index contributed by atoms with van der Waals surface area (Å²) >= 11 is 12.6. The van der Waals surface area contributed by atoms with Gasteiger partial charge in [0.05, 0.1) is 20.6 Å². The number of amides is 2. The molecule has 0 radical (unpaired) electrons. The minimum Gasteiger partial charge on any atom is -0.352 e. The average Bonchev–Trinajstić information content (AvgIpc) is 3.04. The maximum atomic E-state index is 14.6. The van der Waals surface area contributed by atoms with E-state index in [-0.39, 0.29) is 29.8 Å². The van der Waals surface area contributed by atoms with E-state index in [0.29, 0.717) is 33.3 Å². The number of anilines is 1. The second-order valence-corrected chi connectivity index (χ2v) is 14.1. The molecule has 2 unspecified atom stereocenters. The zero-order chi connectivity index (χ0) is 33.4. The molecule has 0 bridgehead atoms. The van der Waals surface area contributed by atoms with Crippen molar-refractivity contribution in [2.75, 3.05) is 10.8 Å². The molecule has 7 nitrogen and oxygen atoms in total. The Kier molecular flexibility index (Phi) is 11.9. The van der Waals surface area contributed by atoms with E-state index in [2.05, 4.69) is 5.32 Å². The van der Waals surface area contributed by atoms with Crippen molar-refractivity contribution in [2.24, 2.45) is 0 Å². The normalized spacial score (nSPS) is 12.7. The van der Waals surface area contributed by atoms with E-state index < -0.39 is 28.5 Å². The lowest BCUT2D eigenvalue weighted by Crippen LogP contribution is -2.54. The maximum absolute atomic E-state index is 14.6. The highest BCUT2D eigenvalue weighted by Crippen LogP contribution is 2.29. The first-order valence-electron chi connectivity index (χ1n) is 15.1. The van der Waals surface area contributed by atoms with E-state index in [1.165, 1.54) is 17.0 Å². The van der Waals surface area contributed by atoms with E-state index in [1.807, 2.05) is 70.2 Å². The van der Waals surface area contributed by atoms with Crippen molar-refractivity contribution in [1.29, 1.82) is 0 Å². The minimum atomic E-state index is -4.18. The third kappa shape index (κ3) is 8.69. The lowest BCUT2D eigenvalue weighted by molar-refractivity contribution is -0.140. The Morgan fingerprint density at radius 2 is 1.48 bits per heavy atom. The number of aryl methyl sites for hydroxylation is 2. The van der Waals surface area contributed by atoms with Crippen molar-refractivity contribution in [3.63, 3.8) is 0 Å². The van der Waals surface area contributed by atoms with Gasteiger partial charge in [-0.3, -0.25) is 13.9 Å². The third-order valence-electron chi connectivity index (χ3n) is 7.84. The molecule has 0 heterocycles. The summed E-state index contributed by atoms with van der Waals surface area (Å²) in [5.41, 5.74) is 3.51. The lowest BCUT2D eigenvalue weighted by atomic mass is 10.0. The first-order chi connectivity index (χ1) is 21.9. The Morgan fingerprint density at radius 1 is 0.826 bits per heavy atom. The summed E-state index contributed by atoms with van der Waals surface area (Å²) in [6, 6.07) is 26.8. The van der Waals surface area contributed by atoms with Crippen LogP contribution in [0.4, 0.5) is 5.69 Å². The largest absolute Gasteiger partial charge is 0.352 e. The van der Waals surface area contributed by atoms with Crippen molar-refractivity contribution in [3.8, 4) is 0 Å². The lowest BCUT2D eigenvalue weighted by Gasteiger charge is -2.34. The maximum Gasteiger partial charge on any atom is 0.264 e. The van der Waals surface area contributed by atoms with E-state index in [9.17, 15) is 18.0 Å². The van der Waals surface area contributed by atoms with Crippen LogP contribution in [0.15, 0.2) is 102 Å². The summed E-state index contributed by atoms with van der Waals surface area (Å²) in [5, 5.41) is 3.70. The molecular weight excluding hydrogens is 641 g/mol. The fourth-order valence-corrected chi connectivity index (χ4v) is 6.97. The molecular formula is C36H39Cl2N3O4S. The molecule has 0 aliphatic rings. The van der Waals surface area contributed by atoms with Crippen LogP contribution in [0.25, 0.3) is 0 Å². The molecule has 4 aromatic carbocycles. The quantitative estimate of drug-likeness (QED) is 0.160. The molecule has 0 saturated heterocycles. The molecule has 0 fully saturated rings. The SMILES string of the molecule is CCC(C)NC(=O)C(Cc1ccccc1)N(Cc1ccc(Cl)c(Cl)c1)C(=O)CN(c1ccc(C)cc1C)S(=O)(=O)c1ccccc1. The predicted molar refractivity (Wildman–Crippen MR) is 186 cm³/mol. The zero-order valence-corrected chi connectivity index (χ0v) is 28.7. The first kappa shape index (κ1) is 35.0. The van der Waals surface area contributed by atoms with Gasteiger partial charge in [0.15, 0.2) is 0 Å². The van der Waals surface area contributed by atoms with Crippen LogP contribution in [-0.2, 0) is 32.6 Å². The van der Waals surface area contributed by atoms with Crippen LogP contribution >= 0.6 is 23.2 Å². The fraction of sp³-hybridized carbons (Fsp3) is 0.278. The molecule has 0 saturated carbocycles. The number of nitrogens with one attached hydrogen (secondary N) is 1. The summed E-state index contributed by atoms with van der Waals surface area (Å²) < 4.78 is 29.5. The monoisotopic (exact) mass is 679 g/mol. The van der Waals surface area contributed by atoms with Gasteiger partial charge in [-0.25, -0.2) is 8.42 Å². The van der Waals surface area contributed by atoms with Gasteiger partial charge >= 0.3 is 0 Å². The Morgan fingerprint density at radius 3 is 2.09 bits per heavy atom. The van der Waals surface area contributed by atoms with Gasteiger partial charge in [-0.2, -0.15) is 0 Å². The Balaban J connectivity index is 1.84. The summed E-state index contributed by atoms with van der Waals surface area (Å²) in [4.78, 5) is 30.1. The number of carbonyl (C=O) groups is 2. The number of rotatable bonds is 13. The smallest absolute Gasteiger partial charge is 0.264 e. The molecule has 46 heavy (non-hydrogen) atoms. The van der Waals surface area contributed by atoms with Gasteiger partial charge in [0.1, 0.15) is 12.6 Å². The van der Waals surface area contributed by atoms with E-state index in [0.717, 1.165) is 15.4 Å². The fourth-order valence-electron chi connectivity index (χ4n) is 5.15. The zero-order valence-electron chi connectivity index (χ0n) is 26.4. The second kappa shape index (κ2) is 15.6. The number of benzene rings is 4. The van der Waals surface area contributed by atoms with Crippen LogP contribution in [0.5, 0.6) is 0 Å². The van der Waals surface area contributed by atoms with E-state index in [1.54, 1.807) is 42.5 Å². The predicted octanol–water partition coefficient (Wildman–Crippen LogP) is 7.36. The van der Waals surface area contributed by atoms with Gasteiger partial charge in [0.2, 0.25) is 11.8 Å². The van der Waals surface area contributed by atoms with Crippen LogP contribution in [0.1, 0.15) is 42.5 Å². The molecule has 1 N–H and O–H groups in total. The van der Waals surface area contributed by atoms with Gasteiger partial charge in [-0.1, -0.05) is 102 Å². The standard InChI is InChI=1S/C36H39Cl2N3O4S/c1-5-27(4)39-36(43)34(22-28-12-8-6-9-13-28)40(23-29-17-18-31(37)32(38)21-29)35(42)24-41(33-19-16-25(2)20-26(33)3)46(44,45)30-14-10-7-11-15-30/h6-21,27,34H,5,22-24H2,1-4H3,(H,39,43). The summed E-state index contributed by atoms with van der Waals surface area (Å²) in [6.07, 6.45) is 0.908. The molecule has 2 amide bonds. The third-order valence-corrected chi connectivity index (χ3v) is 10.4. The van der Waals surface area contributed by atoms with Crippen molar-refractivity contribution in [2.45, 2.75) is 64.1 Å². The van der Waals surface area contributed by atoms with Crippen LogP contribution in [0.2, 0.25) is 10.0 Å². The van der Waals surface area contributed by atoms with Gasteiger partial charge in [0, 0.05) is 19.0 Å². The number of halogens is 2. The number of hydrogen-bond donors (Lipinski definition) is 1. The topological polar surface area (TPSA) is 86.8 Å². The molecule has 242 valence electrons. The Labute approximate surface area is 282 Å².